The lowest BCUT2D eigenvalue weighted by Gasteiger charge is -2.52. The summed E-state index contributed by atoms with van der Waals surface area (Å²) in [4.78, 5) is 28.0. The second-order valence-electron chi connectivity index (χ2n) is 10.6. The highest BCUT2D eigenvalue weighted by atomic mass is 16.6. The van der Waals surface area contributed by atoms with E-state index >= 15 is 0 Å². The van der Waals surface area contributed by atoms with Gasteiger partial charge in [-0.15, -0.1) is 0 Å². The molecule has 172 valence electrons. The van der Waals surface area contributed by atoms with Crippen LogP contribution in [-0.4, -0.2) is 53.6 Å². The van der Waals surface area contributed by atoms with Crippen LogP contribution in [-0.2, 0) is 9.53 Å². The number of allylic oxidation sites excluding steroid dienone is 1. The fraction of sp³-hybridized carbons (Fsp3) is 0.630. The number of rotatable bonds is 4. The van der Waals surface area contributed by atoms with Crippen molar-refractivity contribution < 1.29 is 19.4 Å². The van der Waals surface area contributed by atoms with E-state index in [1.807, 2.05) is 30.3 Å². The molecule has 5 heteroatoms. The Morgan fingerprint density at radius 3 is 2.62 bits per heavy atom. The molecule has 32 heavy (non-hydrogen) atoms. The van der Waals surface area contributed by atoms with Gasteiger partial charge in [0, 0.05) is 35.8 Å². The number of carbonyl (C=O) groups is 2. The number of aliphatic hydroxyl groups excluding tert-OH is 1. The van der Waals surface area contributed by atoms with Crippen LogP contribution in [0.5, 0.6) is 0 Å². The van der Waals surface area contributed by atoms with E-state index in [4.69, 9.17) is 4.74 Å². The second kappa shape index (κ2) is 8.42. The van der Waals surface area contributed by atoms with Gasteiger partial charge >= 0.3 is 5.97 Å². The largest absolute Gasteiger partial charge is 0.461 e. The van der Waals surface area contributed by atoms with Crippen molar-refractivity contribution in [2.45, 2.75) is 58.2 Å². The number of esters is 1. The summed E-state index contributed by atoms with van der Waals surface area (Å²) in [5, 5.41) is 11.5. The topological polar surface area (TPSA) is 66.8 Å². The van der Waals surface area contributed by atoms with E-state index in [2.05, 4.69) is 24.8 Å². The highest BCUT2D eigenvalue weighted by Crippen LogP contribution is 2.56. The number of nitrogens with zero attached hydrogens (tertiary/aromatic N) is 1. The van der Waals surface area contributed by atoms with Crippen molar-refractivity contribution >= 4 is 11.8 Å². The first-order valence-corrected chi connectivity index (χ1v) is 12.3. The number of likely N-dealkylation sites (tertiary alicyclic amines) is 1. The molecule has 0 radical (unpaired) electrons. The molecule has 0 bridgehead atoms. The van der Waals surface area contributed by atoms with Crippen LogP contribution in [0.1, 0.15) is 56.3 Å². The summed E-state index contributed by atoms with van der Waals surface area (Å²) < 4.78 is 5.82. The summed E-state index contributed by atoms with van der Waals surface area (Å²) in [6.45, 7) is 6.65. The molecule has 1 N–H and O–H groups in total. The van der Waals surface area contributed by atoms with Crippen LogP contribution in [0.15, 0.2) is 42.0 Å². The smallest absolute Gasteiger partial charge is 0.311 e. The van der Waals surface area contributed by atoms with Crippen molar-refractivity contribution in [3.8, 4) is 0 Å². The summed E-state index contributed by atoms with van der Waals surface area (Å²) in [6, 6.07) is 9.54. The number of aliphatic hydroxyl groups is 1. The number of ketones is 1. The number of hydrogen-bond acceptors (Lipinski definition) is 5. The third-order valence-corrected chi connectivity index (χ3v) is 9.04. The van der Waals surface area contributed by atoms with Crippen LogP contribution in [0.25, 0.3) is 0 Å². The predicted molar refractivity (Wildman–Crippen MR) is 122 cm³/mol. The fourth-order valence-electron chi connectivity index (χ4n) is 6.77. The van der Waals surface area contributed by atoms with Gasteiger partial charge in [0.25, 0.3) is 0 Å². The molecule has 6 unspecified atom stereocenters. The Hall–Kier alpha value is -1.98. The van der Waals surface area contributed by atoms with Gasteiger partial charge in [-0.2, -0.15) is 0 Å². The first kappa shape index (κ1) is 21.8. The first-order chi connectivity index (χ1) is 15.4. The van der Waals surface area contributed by atoms with Gasteiger partial charge in [0.1, 0.15) is 6.10 Å². The van der Waals surface area contributed by atoms with E-state index in [9.17, 15) is 14.7 Å². The van der Waals surface area contributed by atoms with Crippen LogP contribution >= 0.6 is 0 Å². The summed E-state index contributed by atoms with van der Waals surface area (Å²) >= 11 is 0. The number of carbonyl (C=O) groups excluding carboxylic acids is 2. The monoisotopic (exact) mass is 437 g/mol. The minimum atomic E-state index is -0.559. The van der Waals surface area contributed by atoms with Gasteiger partial charge in [-0.05, 0) is 44.7 Å². The van der Waals surface area contributed by atoms with Crippen LogP contribution in [0, 0.1) is 29.1 Å². The van der Waals surface area contributed by atoms with Gasteiger partial charge in [-0.1, -0.05) is 55.8 Å². The fourth-order valence-corrected chi connectivity index (χ4v) is 6.77. The molecule has 0 amide bonds. The van der Waals surface area contributed by atoms with Crippen LogP contribution in [0.2, 0.25) is 0 Å². The van der Waals surface area contributed by atoms with Gasteiger partial charge in [0.05, 0.1) is 12.0 Å². The summed E-state index contributed by atoms with van der Waals surface area (Å²) in [7, 11) is 0. The summed E-state index contributed by atoms with van der Waals surface area (Å²) in [6.07, 6.45) is 6.02. The van der Waals surface area contributed by atoms with Gasteiger partial charge in [0.15, 0.2) is 5.78 Å². The van der Waals surface area contributed by atoms with Gasteiger partial charge in [-0.25, -0.2) is 0 Å². The van der Waals surface area contributed by atoms with Crippen molar-refractivity contribution in [2.24, 2.45) is 29.1 Å². The highest BCUT2D eigenvalue weighted by molar-refractivity contribution is 5.97. The second-order valence-corrected chi connectivity index (χ2v) is 10.6. The maximum absolute atomic E-state index is 12.9. The number of piperidine rings is 1. The maximum Gasteiger partial charge on any atom is 0.311 e. The zero-order valence-corrected chi connectivity index (χ0v) is 19.2. The molecule has 2 aliphatic carbocycles. The molecular formula is C27H35NO4. The molecule has 1 saturated carbocycles. The van der Waals surface area contributed by atoms with Crippen molar-refractivity contribution in [1.82, 2.24) is 4.90 Å². The maximum atomic E-state index is 12.9. The minimum Gasteiger partial charge on any atom is -0.461 e. The molecule has 2 heterocycles. The van der Waals surface area contributed by atoms with Crippen molar-refractivity contribution in [2.75, 3.05) is 19.6 Å². The number of ether oxygens (including phenoxy) is 1. The van der Waals surface area contributed by atoms with E-state index in [1.54, 1.807) is 0 Å². The molecule has 4 aliphatic rings. The summed E-state index contributed by atoms with van der Waals surface area (Å²) in [5.41, 5.74) is 1.80. The van der Waals surface area contributed by atoms with Crippen molar-refractivity contribution in [3.05, 3.63) is 47.5 Å². The highest BCUT2D eigenvalue weighted by Gasteiger charge is 2.59. The zero-order valence-electron chi connectivity index (χ0n) is 19.2. The summed E-state index contributed by atoms with van der Waals surface area (Å²) in [5.74, 6) is 0.0862. The molecule has 1 aromatic rings. The molecule has 0 aromatic heterocycles. The lowest BCUT2D eigenvalue weighted by atomic mass is 9.55. The normalized spacial score (nSPS) is 37.9. The minimum absolute atomic E-state index is 0.0480. The van der Waals surface area contributed by atoms with E-state index in [1.165, 1.54) is 5.57 Å². The van der Waals surface area contributed by atoms with E-state index < -0.39 is 6.10 Å². The van der Waals surface area contributed by atoms with Crippen molar-refractivity contribution in [3.63, 3.8) is 0 Å². The third-order valence-electron chi connectivity index (χ3n) is 9.04. The molecule has 0 spiro atoms. The van der Waals surface area contributed by atoms with Gasteiger partial charge < -0.3 is 14.7 Å². The Morgan fingerprint density at radius 2 is 1.91 bits per heavy atom. The Bertz CT molecular complexity index is 903. The number of hydrogen-bond donors (Lipinski definition) is 1. The Morgan fingerprint density at radius 1 is 1.19 bits per heavy atom. The van der Waals surface area contributed by atoms with Gasteiger partial charge in [0.2, 0.25) is 0 Å². The number of Topliss-reactive ketones (excluding diaryl/α,β-unsaturated/α-hetero) is 1. The van der Waals surface area contributed by atoms with Crippen LogP contribution in [0.3, 0.4) is 0 Å². The van der Waals surface area contributed by atoms with Crippen LogP contribution < -0.4 is 0 Å². The van der Waals surface area contributed by atoms with Crippen molar-refractivity contribution in [1.29, 1.82) is 0 Å². The van der Waals surface area contributed by atoms with E-state index in [-0.39, 0.29) is 41.0 Å². The van der Waals surface area contributed by atoms with Gasteiger partial charge in [-0.3, -0.25) is 9.59 Å². The molecule has 2 saturated heterocycles. The standard InChI is InChI=1S/C27H35NO4/c1-17-7-6-10-20-15-22-23(25(30)27(17,20)2)21(26(31)32-22)16-28-13-11-19(12-14-28)24(29)18-8-4-3-5-9-18/h3-5,8-10,17,19,21-23,25,30H,6-7,11-16H2,1-2H3. The molecule has 3 fully saturated rings. The predicted octanol–water partition coefficient (Wildman–Crippen LogP) is 3.87. The third kappa shape index (κ3) is 3.54. The molecule has 2 aliphatic heterocycles. The first-order valence-electron chi connectivity index (χ1n) is 12.3. The number of benzene rings is 1. The lowest BCUT2D eigenvalue weighted by molar-refractivity contribution is -0.145. The molecular weight excluding hydrogens is 402 g/mol. The zero-order chi connectivity index (χ0) is 22.5. The van der Waals surface area contributed by atoms with E-state index in [0.29, 0.717) is 12.5 Å². The Kier molecular flexibility index (Phi) is 5.75. The molecule has 1 aromatic carbocycles. The molecule has 6 atom stereocenters. The quantitative estimate of drug-likeness (QED) is 0.440. The average Bonchev–Trinajstić information content (AvgIpc) is 3.11. The molecule has 5 nitrogen and oxygen atoms in total. The van der Waals surface area contributed by atoms with E-state index in [0.717, 1.165) is 50.8 Å². The number of fused-ring (bicyclic) bond motifs is 2. The SMILES string of the molecule is CC1CCC=C2CC3OC(=O)C(CN4CCC(C(=O)c5ccccc5)CC4)C3C(O)C21C. The molecule has 5 rings (SSSR count). The Balaban J connectivity index is 1.25. The Labute approximate surface area is 190 Å². The lowest BCUT2D eigenvalue weighted by Crippen LogP contribution is -2.55. The van der Waals surface area contributed by atoms with Crippen LogP contribution in [0.4, 0.5) is 0 Å². The average molecular weight is 438 g/mol.